The summed E-state index contributed by atoms with van der Waals surface area (Å²) in [6.45, 7) is 0. The Morgan fingerprint density at radius 3 is 2.45 bits per heavy atom. The van der Waals surface area contributed by atoms with Crippen molar-refractivity contribution in [3.05, 3.63) is 64.8 Å². The molecule has 0 aliphatic carbocycles. The van der Waals surface area contributed by atoms with Crippen molar-refractivity contribution in [2.24, 2.45) is 0 Å². The van der Waals surface area contributed by atoms with Crippen LogP contribution in [-0.4, -0.2) is 12.0 Å². The number of pyridine rings is 1. The number of anilines is 2. The molecule has 20 heavy (non-hydrogen) atoms. The summed E-state index contributed by atoms with van der Waals surface area (Å²) in [5.74, 6) is 0. The monoisotopic (exact) mass is 302 g/mol. The van der Waals surface area contributed by atoms with Crippen LogP contribution in [0.15, 0.2) is 54.7 Å². The van der Waals surface area contributed by atoms with Gasteiger partial charge in [-0.2, -0.15) is 0 Å². The van der Waals surface area contributed by atoms with Gasteiger partial charge in [0.1, 0.15) is 0 Å². The normalized spacial score (nSPS) is 10.8. The van der Waals surface area contributed by atoms with Crippen molar-refractivity contribution in [1.82, 2.24) is 4.98 Å². The number of rotatable bonds is 2. The first kappa shape index (κ1) is 13.2. The molecule has 2 aromatic carbocycles. The molecule has 4 heteroatoms. The highest BCUT2D eigenvalue weighted by Crippen LogP contribution is 2.37. The fraction of sp³-hybridized carbons (Fsp3) is 0.0625. The second-order valence-electron chi connectivity index (χ2n) is 4.51. The van der Waals surface area contributed by atoms with Crippen LogP contribution < -0.4 is 4.90 Å². The van der Waals surface area contributed by atoms with Crippen LogP contribution >= 0.6 is 23.2 Å². The lowest BCUT2D eigenvalue weighted by atomic mass is 10.2. The molecule has 0 spiro atoms. The molecule has 1 aromatic heterocycles. The van der Waals surface area contributed by atoms with E-state index in [1.807, 2.05) is 54.4 Å². The summed E-state index contributed by atoms with van der Waals surface area (Å²) < 4.78 is 0. The summed E-state index contributed by atoms with van der Waals surface area (Å²) in [5.41, 5.74) is 2.79. The maximum atomic E-state index is 6.25. The van der Waals surface area contributed by atoms with Gasteiger partial charge in [-0.05, 0) is 36.4 Å². The predicted molar refractivity (Wildman–Crippen MR) is 86.3 cm³/mol. The molecule has 3 rings (SSSR count). The van der Waals surface area contributed by atoms with Crippen LogP contribution in [0.25, 0.3) is 10.9 Å². The third-order valence-electron chi connectivity index (χ3n) is 3.25. The molecule has 0 atom stereocenters. The van der Waals surface area contributed by atoms with Gasteiger partial charge in [-0.3, -0.25) is 4.98 Å². The van der Waals surface area contributed by atoms with Crippen molar-refractivity contribution < 1.29 is 0 Å². The van der Waals surface area contributed by atoms with E-state index >= 15 is 0 Å². The largest absolute Gasteiger partial charge is 0.342 e. The number of hydrogen-bond acceptors (Lipinski definition) is 2. The number of halogens is 2. The number of hydrogen-bond donors (Lipinski definition) is 0. The van der Waals surface area contributed by atoms with E-state index in [-0.39, 0.29) is 0 Å². The van der Waals surface area contributed by atoms with Gasteiger partial charge < -0.3 is 4.90 Å². The molecule has 0 saturated carbocycles. The van der Waals surface area contributed by atoms with Crippen molar-refractivity contribution in [3.63, 3.8) is 0 Å². The Bertz CT molecular complexity index is 751. The molecule has 0 unspecified atom stereocenters. The molecular formula is C16H12Cl2N2. The Kier molecular flexibility index (Phi) is 3.51. The summed E-state index contributed by atoms with van der Waals surface area (Å²) >= 11 is 12.5. The first-order valence-electron chi connectivity index (χ1n) is 6.19. The second kappa shape index (κ2) is 5.31. The van der Waals surface area contributed by atoms with Crippen LogP contribution in [0.1, 0.15) is 0 Å². The average molecular weight is 303 g/mol. The SMILES string of the molecule is CN(c1ccc2ncccc2c1)c1c(Cl)cccc1Cl. The summed E-state index contributed by atoms with van der Waals surface area (Å²) in [4.78, 5) is 6.30. The summed E-state index contributed by atoms with van der Waals surface area (Å²) in [7, 11) is 1.95. The molecule has 2 nitrogen and oxygen atoms in total. The van der Waals surface area contributed by atoms with Crippen molar-refractivity contribution in [1.29, 1.82) is 0 Å². The number of benzene rings is 2. The topological polar surface area (TPSA) is 16.1 Å². The van der Waals surface area contributed by atoms with Gasteiger partial charge in [0, 0.05) is 24.3 Å². The van der Waals surface area contributed by atoms with Crippen LogP contribution in [-0.2, 0) is 0 Å². The Morgan fingerprint density at radius 2 is 1.70 bits per heavy atom. The Hall–Kier alpha value is -1.77. The summed E-state index contributed by atoms with van der Waals surface area (Å²) in [5, 5.41) is 2.34. The van der Waals surface area contributed by atoms with E-state index < -0.39 is 0 Å². The van der Waals surface area contributed by atoms with E-state index in [2.05, 4.69) is 11.1 Å². The fourth-order valence-electron chi connectivity index (χ4n) is 2.21. The van der Waals surface area contributed by atoms with E-state index in [0.29, 0.717) is 10.0 Å². The lowest BCUT2D eigenvalue weighted by Gasteiger charge is -2.22. The summed E-state index contributed by atoms with van der Waals surface area (Å²) in [6.07, 6.45) is 1.79. The molecule has 0 bridgehead atoms. The minimum absolute atomic E-state index is 0.631. The van der Waals surface area contributed by atoms with Crippen molar-refractivity contribution >= 4 is 45.5 Å². The standard InChI is InChI=1S/C16H12Cl2N2/c1-20(16-13(17)5-2-6-14(16)18)12-7-8-15-11(10-12)4-3-9-19-15/h2-10H,1H3. The number of aromatic nitrogens is 1. The quantitative estimate of drug-likeness (QED) is 0.638. The Morgan fingerprint density at radius 1 is 0.950 bits per heavy atom. The Labute approximate surface area is 127 Å². The molecule has 0 radical (unpaired) electrons. The van der Waals surface area contributed by atoms with Crippen LogP contribution in [0.5, 0.6) is 0 Å². The predicted octanol–water partition coefficient (Wildman–Crippen LogP) is 5.31. The van der Waals surface area contributed by atoms with Crippen LogP contribution in [0.4, 0.5) is 11.4 Å². The number of fused-ring (bicyclic) bond motifs is 1. The Balaban J connectivity index is 2.10. The molecule has 3 aromatic rings. The van der Waals surface area contributed by atoms with Crippen LogP contribution in [0.2, 0.25) is 10.0 Å². The van der Waals surface area contributed by atoms with Gasteiger partial charge in [-0.15, -0.1) is 0 Å². The van der Waals surface area contributed by atoms with E-state index in [4.69, 9.17) is 23.2 Å². The molecule has 0 fully saturated rings. The van der Waals surface area contributed by atoms with Gasteiger partial charge in [0.05, 0.1) is 21.2 Å². The molecule has 0 N–H and O–H groups in total. The number of nitrogens with zero attached hydrogens (tertiary/aromatic N) is 2. The maximum Gasteiger partial charge on any atom is 0.0786 e. The van der Waals surface area contributed by atoms with Crippen molar-refractivity contribution in [2.75, 3.05) is 11.9 Å². The zero-order valence-electron chi connectivity index (χ0n) is 10.8. The van der Waals surface area contributed by atoms with Gasteiger partial charge in [0.15, 0.2) is 0 Å². The molecule has 0 aliphatic rings. The van der Waals surface area contributed by atoms with Gasteiger partial charge in [-0.1, -0.05) is 35.3 Å². The lowest BCUT2D eigenvalue weighted by Crippen LogP contribution is -2.10. The fourth-order valence-corrected chi connectivity index (χ4v) is 2.86. The zero-order chi connectivity index (χ0) is 14.1. The van der Waals surface area contributed by atoms with Gasteiger partial charge >= 0.3 is 0 Å². The molecule has 1 heterocycles. The van der Waals surface area contributed by atoms with E-state index in [1.54, 1.807) is 6.20 Å². The first-order chi connectivity index (χ1) is 9.66. The van der Waals surface area contributed by atoms with Gasteiger partial charge in [0.2, 0.25) is 0 Å². The number of para-hydroxylation sites is 1. The molecular weight excluding hydrogens is 291 g/mol. The molecule has 0 aliphatic heterocycles. The highest BCUT2D eigenvalue weighted by molar-refractivity contribution is 6.39. The van der Waals surface area contributed by atoms with E-state index in [1.165, 1.54) is 0 Å². The average Bonchev–Trinajstić information content (AvgIpc) is 2.46. The van der Waals surface area contributed by atoms with Crippen LogP contribution in [0.3, 0.4) is 0 Å². The third-order valence-corrected chi connectivity index (χ3v) is 3.86. The van der Waals surface area contributed by atoms with Crippen molar-refractivity contribution in [3.8, 4) is 0 Å². The molecule has 100 valence electrons. The first-order valence-corrected chi connectivity index (χ1v) is 6.95. The van der Waals surface area contributed by atoms with Gasteiger partial charge in [0.25, 0.3) is 0 Å². The minimum atomic E-state index is 0.631. The zero-order valence-corrected chi connectivity index (χ0v) is 12.4. The maximum absolute atomic E-state index is 6.25. The summed E-state index contributed by atoms with van der Waals surface area (Å²) in [6, 6.07) is 15.5. The highest BCUT2D eigenvalue weighted by Gasteiger charge is 2.12. The third kappa shape index (κ3) is 2.33. The second-order valence-corrected chi connectivity index (χ2v) is 5.32. The molecule has 0 amide bonds. The van der Waals surface area contributed by atoms with Crippen molar-refractivity contribution in [2.45, 2.75) is 0 Å². The lowest BCUT2D eigenvalue weighted by molar-refractivity contribution is 1.21. The molecule has 0 saturated heterocycles. The highest BCUT2D eigenvalue weighted by atomic mass is 35.5. The van der Waals surface area contributed by atoms with E-state index in [9.17, 15) is 0 Å². The minimum Gasteiger partial charge on any atom is -0.342 e. The van der Waals surface area contributed by atoms with Crippen LogP contribution in [0, 0.1) is 0 Å². The smallest absolute Gasteiger partial charge is 0.0786 e. The van der Waals surface area contributed by atoms with E-state index in [0.717, 1.165) is 22.3 Å². The van der Waals surface area contributed by atoms with Gasteiger partial charge in [-0.25, -0.2) is 0 Å².